The Morgan fingerprint density at radius 1 is 0.894 bits per heavy atom. The summed E-state index contributed by atoms with van der Waals surface area (Å²) in [7, 11) is -3.96. The van der Waals surface area contributed by atoms with Gasteiger partial charge in [0.2, 0.25) is 9.84 Å². The molecule has 0 aliphatic carbocycles. The van der Waals surface area contributed by atoms with Crippen LogP contribution in [0.25, 0.3) is 0 Å². The van der Waals surface area contributed by atoms with E-state index in [1.54, 1.807) is 49.5 Å². The highest BCUT2D eigenvalue weighted by Gasteiger charge is 2.23. The number of hydrogen-bond acceptors (Lipinski definition) is 7. The largest absolute Gasteiger partial charge is 0.488 e. The molecule has 1 heterocycles. The number of aromatic nitrogens is 1. The van der Waals surface area contributed by atoms with Crippen molar-refractivity contribution >= 4 is 27.3 Å². The Hall–Kier alpha value is -4.54. The number of ether oxygens (including phenoxy) is 1. The lowest BCUT2D eigenvalue weighted by molar-refractivity contribution is 0.0995. The summed E-state index contributed by atoms with van der Waals surface area (Å²) >= 11 is 5.92. The molecule has 0 bridgehead atoms. The first kappa shape index (κ1) is 33.8. The van der Waals surface area contributed by atoms with Gasteiger partial charge in [-0.2, -0.15) is 0 Å². The van der Waals surface area contributed by atoms with Crippen molar-refractivity contribution in [3.05, 3.63) is 154 Å². The van der Waals surface area contributed by atoms with E-state index < -0.39 is 21.8 Å². The first-order chi connectivity index (χ1) is 22.6. The van der Waals surface area contributed by atoms with E-state index in [9.17, 15) is 18.3 Å². The fourth-order valence-electron chi connectivity index (χ4n) is 5.27. The Morgan fingerprint density at radius 3 is 2.17 bits per heavy atom. The number of amides is 1. The van der Waals surface area contributed by atoms with Crippen molar-refractivity contribution in [1.29, 1.82) is 0 Å². The second-order valence-electron chi connectivity index (χ2n) is 11.3. The van der Waals surface area contributed by atoms with Crippen LogP contribution in [0.3, 0.4) is 0 Å². The van der Waals surface area contributed by atoms with Gasteiger partial charge in [-0.3, -0.25) is 9.69 Å². The first-order valence-electron chi connectivity index (χ1n) is 15.1. The maximum absolute atomic E-state index is 13.7. The van der Waals surface area contributed by atoms with E-state index in [1.807, 2.05) is 60.7 Å². The van der Waals surface area contributed by atoms with Crippen LogP contribution in [0.2, 0.25) is 5.15 Å². The van der Waals surface area contributed by atoms with Crippen molar-refractivity contribution in [2.75, 3.05) is 13.1 Å². The van der Waals surface area contributed by atoms with Crippen LogP contribution >= 0.6 is 11.6 Å². The number of primary amides is 1. The Kier molecular flexibility index (Phi) is 11.1. The molecule has 5 aromatic rings. The zero-order chi connectivity index (χ0) is 33.4. The maximum Gasteiger partial charge on any atom is 0.252 e. The van der Waals surface area contributed by atoms with E-state index in [4.69, 9.17) is 22.1 Å². The molecule has 10 heteroatoms. The van der Waals surface area contributed by atoms with Gasteiger partial charge in [-0.05, 0) is 65.9 Å². The third kappa shape index (κ3) is 8.84. The topological polar surface area (TPSA) is 123 Å². The number of carbonyl (C=O) groups is 1. The summed E-state index contributed by atoms with van der Waals surface area (Å²) < 4.78 is 33.3. The number of hydrogen-bond donors (Lipinski definition) is 2. The van der Waals surface area contributed by atoms with Gasteiger partial charge in [0.25, 0.3) is 5.91 Å². The molecule has 4 aromatic carbocycles. The molecule has 47 heavy (non-hydrogen) atoms. The number of nitrogens with two attached hydrogens (primary N) is 1. The quantitative estimate of drug-likeness (QED) is 0.132. The summed E-state index contributed by atoms with van der Waals surface area (Å²) in [4.78, 5) is 18.7. The van der Waals surface area contributed by atoms with Gasteiger partial charge in [0.1, 0.15) is 17.5 Å². The van der Waals surface area contributed by atoms with Gasteiger partial charge in [0.05, 0.1) is 21.5 Å². The number of carbonyl (C=O) groups excluding carboxylic acids is 1. The predicted molar refractivity (Wildman–Crippen MR) is 182 cm³/mol. The number of nitrogens with zero attached hydrogens (tertiary/aromatic N) is 2. The molecule has 1 aromatic heterocycles. The van der Waals surface area contributed by atoms with Crippen molar-refractivity contribution < 1.29 is 23.1 Å². The number of aryl methyl sites for hydroxylation is 1. The molecule has 3 N–H and O–H groups in total. The normalized spacial score (nSPS) is 12.2. The minimum Gasteiger partial charge on any atom is -0.488 e. The van der Waals surface area contributed by atoms with Gasteiger partial charge >= 0.3 is 0 Å². The highest BCUT2D eigenvalue weighted by atomic mass is 35.5. The Morgan fingerprint density at radius 2 is 1.55 bits per heavy atom. The van der Waals surface area contributed by atoms with Gasteiger partial charge in [-0.25, -0.2) is 13.4 Å². The number of aliphatic hydroxyl groups excluding tert-OH is 1. The molecule has 0 aliphatic rings. The first-order valence-corrected chi connectivity index (χ1v) is 17.0. The second-order valence-corrected chi connectivity index (χ2v) is 13.6. The smallest absolute Gasteiger partial charge is 0.252 e. The molecular formula is C37H36ClN3O5S. The van der Waals surface area contributed by atoms with E-state index in [-0.39, 0.29) is 27.7 Å². The average molecular weight is 670 g/mol. The monoisotopic (exact) mass is 669 g/mol. The number of pyridine rings is 1. The molecule has 8 nitrogen and oxygen atoms in total. The number of rotatable bonds is 14. The number of halogens is 1. The zero-order valence-electron chi connectivity index (χ0n) is 25.9. The van der Waals surface area contributed by atoms with Crippen LogP contribution in [0, 0.1) is 6.92 Å². The fourth-order valence-corrected chi connectivity index (χ4v) is 6.75. The number of benzene rings is 4. The van der Waals surface area contributed by atoms with Gasteiger partial charge in [0.15, 0.2) is 0 Å². The summed E-state index contributed by atoms with van der Waals surface area (Å²) in [5, 5.41) is 11.3. The molecule has 0 aliphatic heterocycles. The van der Waals surface area contributed by atoms with Crippen LogP contribution < -0.4 is 10.5 Å². The standard InChI is InChI=1S/C37H36ClN3O5S/c1-26-20-32(21-33(37(39)43)36(26)46-25-29-10-6-3-7-11-29)47(44,45)31-15-12-27(13-16-31)18-19-41(23-28-8-4-2-5-9-28)24-34(42)30-14-17-35(38)40-22-30/h2-17,20-22,34,42H,18-19,23-25H2,1H3,(H2,39,43)/t34-/m1/s1. The van der Waals surface area contributed by atoms with E-state index in [0.717, 1.165) is 16.7 Å². The van der Waals surface area contributed by atoms with Gasteiger partial charge in [-0.15, -0.1) is 0 Å². The molecule has 0 spiro atoms. The van der Waals surface area contributed by atoms with Crippen LogP contribution in [-0.2, 0) is 29.4 Å². The van der Waals surface area contributed by atoms with Crippen LogP contribution in [0.4, 0.5) is 0 Å². The van der Waals surface area contributed by atoms with E-state index in [2.05, 4.69) is 9.88 Å². The van der Waals surface area contributed by atoms with E-state index >= 15 is 0 Å². The van der Waals surface area contributed by atoms with Crippen molar-refractivity contribution in [2.24, 2.45) is 5.73 Å². The average Bonchev–Trinajstić information content (AvgIpc) is 3.07. The molecule has 1 amide bonds. The second kappa shape index (κ2) is 15.4. The van der Waals surface area contributed by atoms with E-state index in [1.165, 1.54) is 12.1 Å². The molecule has 0 saturated carbocycles. The molecule has 0 radical (unpaired) electrons. The summed E-state index contributed by atoms with van der Waals surface area (Å²) in [6.45, 7) is 3.51. The summed E-state index contributed by atoms with van der Waals surface area (Å²) in [6.07, 6.45) is 1.43. The van der Waals surface area contributed by atoms with Crippen LogP contribution in [-0.4, -0.2) is 42.4 Å². The third-order valence-electron chi connectivity index (χ3n) is 7.82. The number of aliphatic hydroxyl groups is 1. The fraction of sp³-hybridized carbons (Fsp3) is 0.189. The molecule has 0 fully saturated rings. The zero-order valence-corrected chi connectivity index (χ0v) is 27.5. The molecule has 242 valence electrons. The van der Waals surface area contributed by atoms with Crippen molar-refractivity contribution in [1.82, 2.24) is 9.88 Å². The van der Waals surface area contributed by atoms with Crippen molar-refractivity contribution in [2.45, 2.75) is 42.4 Å². The lowest BCUT2D eigenvalue weighted by Crippen LogP contribution is -2.30. The molecular weight excluding hydrogens is 634 g/mol. The van der Waals surface area contributed by atoms with Crippen molar-refractivity contribution in [3.8, 4) is 5.75 Å². The van der Waals surface area contributed by atoms with Crippen LogP contribution in [0.15, 0.2) is 125 Å². The maximum atomic E-state index is 13.7. The Balaban J connectivity index is 1.30. The molecule has 1 atom stereocenters. The van der Waals surface area contributed by atoms with Gasteiger partial charge in [0, 0.05) is 31.4 Å². The highest BCUT2D eigenvalue weighted by molar-refractivity contribution is 7.91. The minimum atomic E-state index is -3.96. The Bertz CT molecular complexity index is 1900. The Labute approximate surface area is 280 Å². The van der Waals surface area contributed by atoms with Crippen LogP contribution in [0.5, 0.6) is 5.75 Å². The van der Waals surface area contributed by atoms with E-state index in [0.29, 0.717) is 42.3 Å². The lowest BCUT2D eigenvalue weighted by Gasteiger charge is -2.25. The molecule has 5 rings (SSSR count). The molecule has 0 saturated heterocycles. The summed E-state index contributed by atoms with van der Waals surface area (Å²) in [5.74, 6) is -0.519. The molecule has 0 unspecified atom stereocenters. The van der Waals surface area contributed by atoms with Gasteiger partial charge < -0.3 is 15.6 Å². The minimum absolute atomic E-state index is 0.00574. The highest BCUT2D eigenvalue weighted by Crippen LogP contribution is 2.31. The predicted octanol–water partition coefficient (Wildman–Crippen LogP) is 6.33. The summed E-state index contributed by atoms with van der Waals surface area (Å²) in [6, 6.07) is 32.3. The lowest BCUT2D eigenvalue weighted by atomic mass is 10.1. The third-order valence-corrected chi connectivity index (χ3v) is 9.79. The van der Waals surface area contributed by atoms with Gasteiger partial charge in [-0.1, -0.05) is 90.5 Å². The number of sulfone groups is 1. The van der Waals surface area contributed by atoms with Crippen molar-refractivity contribution in [3.63, 3.8) is 0 Å². The summed E-state index contributed by atoms with van der Waals surface area (Å²) in [5.41, 5.74) is 9.77. The van der Waals surface area contributed by atoms with Crippen LogP contribution in [0.1, 0.15) is 44.3 Å². The SMILES string of the molecule is Cc1cc(S(=O)(=O)c2ccc(CCN(Cc3ccccc3)C[C@@H](O)c3ccc(Cl)nc3)cc2)cc(C(N)=O)c1OCc1ccccc1.